The molecule has 3 rings (SSSR count). The Morgan fingerprint density at radius 2 is 1.66 bits per heavy atom. The van der Waals surface area contributed by atoms with E-state index < -0.39 is 15.1 Å². The molecule has 2 N–H and O–H groups in total. The average molecular weight is 455 g/mol. The van der Waals surface area contributed by atoms with E-state index in [9.17, 15) is 8.42 Å². The molecule has 8 heteroatoms. The number of sulfone groups is 1. The Morgan fingerprint density at radius 1 is 0.938 bits per heavy atom. The molecule has 0 saturated heterocycles. The van der Waals surface area contributed by atoms with E-state index in [2.05, 4.69) is 20.6 Å². The fourth-order valence-electron chi connectivity index (χ4n) is 3.05. The fourth-order valence-corrected chi connectivity index (χ4v) is 4.25. The average Bonchev–Trinajstić information content (AvgIpc) is 2.72. The summed E-state index contributed by atoms with van der Waals surface area (Å²) in [5, 5.41) is 5.88. The molecule has 0 aliphatic heterocycles. The Kier molecular flexibility index (Phi) is 7.03. The number of benzene rings is 2. The summed E-state index contributed by atoms with van der Waals surface area (Å²) in [5.74, 6) is 1.60. The van der Waals surface area contributed by atoms with Crippen molar-refractivity contribution in [3.05, 3.63) is 59.8 Å². The van der Waals surface area contributed by atoms with Crippen molar-refractivity contribution in [3.63, 3.8) is 0 Å². The molecule has 0 radical (unpaired) electrons. The third kappa shape index (κ3) is 5.37. The molecule has 0 saturated carbocycles. The molecule has 32 heavy (non-hydrogen) atoms. The highest BCUT2D eigenvalue weighted by atomic mass is 32.2. The maximum absolute atomic E-state index is 12.8. The Hall–Kier alpha value is -3.13. The molecule has 0 atom stereocenters. The number of para-hydroxylation sites is 1. The van der Waals surface area contributed by atoms with Crippen molar-refractivity contribution >= 4 is 33.0 Å². The van der Waals surface area contributed by atoms with E-state index in [0.29, 0.717) is 23.2 Å². The zero-order valence-corrected chi connectivity index (χ0v) is 20.1. The normalized spacial score (nSPS) is 11.6. The summed E-state index contributed by atoms with van der Waals surface area (Å²) in [6.45, 7) is 11.1. The van der Waals surface area contributed by atoms with Gasteiger partial charge in [-0.25, -0.2) is 13.4 Å². The van der Waals surface area contributed by atoms with Crippen molar-refractivity contribution in [2.24, 2.45) is 0 Å². The molecule has 170 valence electrons. The minimum atomic E-state index is -3.46. The zero-order valence-electron chi connectivity index (χ0n) is 19.3. The van der Waals surface area contributed by atoms with Crippen LogP contribution in [0.1, 0.15) is 38.8 Å². The lowest BCUT2D eigenvalue weighted by atomic mass is 10.2. The van der Waals surface area contributed by atoms with Crippen molar-refractivity contribution in [1.29, 1.82) is 0 Å². The molecule has 0 fully saturated rings. The standard InChI is InChI=1S/C24H30N4O3S/c1-15(2)31-21-12-11-17(5)13-20(21)27-24-25-14-18(6)23(28-24)26-19-9-7-8-10-22(19)32(29,30)16(3)4/h7-16H,1-6H3,(H2,25,26,27,28). The van der Waals surface area contributed by atoms with Crippen LogP contribution < -0.4 is 15.4 Å². The summed E-state index contributed by atoms with van der Waals surface area (Å²) < 4.78 is 31.5. The van der Waals surface area contributed by atoms with Gasteiger partial charge in [-0.1, -0.05) is 18.2 Å². The van der Waals surface area contributed by atoms with E-state index in [-0.39, 0.29) is 11.0 Å². The molecule has 1 heterocycles. The number of hydrogen-bond acceptors (Lipinski definition) is 7. The predicted octanol–water partition coefficient (Wildman–Crippen LogP) is 5.55. The number of ether oxygens (including phenoxy) is 1. The highest BCUT2D eigenvalue weighted by molar-refractivity contribution is 7.92. The SMILES string of the molecule is Cc1ccc(OC(C)C)c(Nc2ncc(C)c(Nc3ccccc3S(=O)(=O)C(C)C)n2)c1. The first-order valence-electron chi connectivity index (χ1n) is 10.6. The van der Waals surface area contributed by atoms with E-state index >= 15 is 0 Å². The molecule has 7 nitrogen and oxygen atoms in total. The van der Waals surface area contributed by atoms with Crippen LogP contribution in [0, 0.1) is 13.8 Å². The first-order valence-corrected chi connectivity index (χ1v) is 12.1. The van der Waals surface area contributed by atoms with Crippen LogP contribution in [-0.2, 0) is 9.84 Å². The summed E-state index contributed by atoms with van der Waals surface area (Å²) in [6.07, 6.45) is 1.71. The van der Waals surface area contributed by atoms with Gasteiger partial charge in [-0.2, -0.15) is 4.98 Å². The lowest BCUT2D eigenvalue weighted by Crippen LogP contribution is -2.16. The van der Waals surface area contributed by atoms with Crippen molar-refractivity contribution in [1.82, 2.24) is 9.97 Å². The maximum Gasteiger partial charge on any atom is 0.229 e. The van der Waals surface area contributed by atoms with Gasteiger partial charge in [-0.15, -0.1) is 0 Å². The van der Waals surface area contributed by atoms with E-state index in [4.69, 9.17) is 4.74 Å². The summed E-state index contributed by atoms with van der Waals surface area (Å²) in [4.78, 5) is 9.23. The number of hydrogen-bond donors (Lipinski definition) is 2. The van der Waals surface area contributed by atoms with Crippen molar-refractivity contribution in [3.8, 4) is 5.75 Å². The van der Waals surface area contributed by atoms with Gasteiger partial charge in [0.15, 0.2) is 9.84 Å². The number of rotatable bonds is 8. The van der Waals surface area contributed by atoms with E-state index in [1.165, 1.54) is 0 Å². The fraction of sp³-hybridized carbons (Fsp3) is 0.333. The van der Waals surface area contributed by atoms with Gasteiger partial charge in [0.25, 0.3) is 0 Å². The number of nitrogens with one attached hydrogen (secondary N) is 2. The minimum Gasteiger partial charge on any atom is -0.489 e. The summed E-state index contributed by atoms with van der Waals surface area (Å²) in [7, 11) is -3.46. The first-order chi connectivity index (χ1) is 15.1. The zero-order chi connectivity index (χ0) is 23.5. The van der Waals surface area contributed by atoms with Crippen molar-refractivity contribution in [2.75, 3.05) is 10.6 Å². The second-order valence-electron chi connectivity index (χ2n) is 8.23. The lowest BCUT2D eigenvalue weighted by molar-refractivity contribution is 0.243. The van der Waals surface area contributed by atoms with E-state index in [1.54, 1.807) is 44.3 Å². The first kappa shape index (κ1) is 23.5. The van der Waals surface area contributed by atoms with Gasteiger partial charge in [-0.3, -0.25) is 0 Å². The quantitative estimate of drug-likeness (QED) is 0.461. The predicted molar refractivity (Wildman–Crippen MR) is 129 cm³/mol. The smallest absolute Gasteiger partial charge is 0.229 e. The van der Waals surface area contributed by atoms with Gasteiger partial charge < -0.3 is 15.4 Å². The molecule has 0 unspecified atom stereocenters. The molecule has 0 spiro atoms. The Labute approximate surface area is 190 Å². The van der Waals surface area contributed by atoms with Crippen LogP contribution in [0.4, 0.5) is 23.1 Å². The van der Waals surface area contributed by atoms with Gasteiger partial charge in [0, 0.05) is 11.8 Å². The number of aromatic nitrogens is 2. The second-order valence-corrected chi connectivity index (χ2v) is 10.7. The third-order valence-corrected chi connectivity index (χ3v) is 6.99. The van der Waals surface area contributed by atoms with Crippen LogP contribution in [0.25, 0.3) is 0 Å². The minimum absolute atomic E-state index is 0.0221. The highest BCUT2D eigenvalue weighted by Gasteiger charge is 2.23. The van der Waals surface area contributed by atoms with Crippen LogP contribution in [0.5, 0.6) is 5.75 Å². The van der Waals surface area contributed by atoms with Crippen molar-refractivity contribution in [2.45, 2.75) is 57.8 Å². The molecule has 2 aromatic carbocycles. The number of anilines is 4. The van der Waals surface area contributed by atoms with Gasteiger partial charge in [-0.05, 0) is 71.4 Å². The van der Waals surface area contributed by atoms with E-state index in [0.717, 1.165) is 16.8 Å². The second kappa shape index (κ2) is 9.56. The van der Waals surface area contributed by atoms with Gasteiger partial charge in [0.1, 0.15) is 11.6 Å². The monoisotopic (exact) mass is 454 g/mol. The van der Waals surface area contributed by atoms with Gasteiger partial charge in [0.2, 0.25) is 5.95 Å². The molecular weight excluding hydrogens is 424 g/mol. The summed E-state index contributed by atoms with van der Waals surface area (Å²) in [6, 6.07) is 12.7. The molecule has 0 aliphatic rings. The Morgan fingerprint density at radius 3 is 2.34 bits per heavy atom. The Bertz CT molecular complexity index is 1210. The summed E-state index contributed by atoms with van der Waals surface area (Å²) >= 11 is 0. The third-order valence-electron chi connectivity index (χ3n) is 4.78. The topological polar surface area (TPSA) is 93.2 Å². The maximum atomic E-state index is 12.8. The van der Waals surface area contributed by atoms with Crippen LogP contribution in [0.15, 0.2) is 53.6 Å². The molecule has 0 aliphatic carbocycles. The molecule has 0 bridgehead atoms. The molecule has 3 aromatic rings. The van der Waals surface area contributed by atoms with Gasteiger partial charge >= 0.3 is 0 Å². The highest BCUT2D eigenvalue weighted by Crippen LogP contribution is 2.31. The van der Waals surface area contributed by atoms with E-state index in [1.807, 2.05) is 45.9 Å². The number of aryl methyl sites for hydroxylation is 2. The largest absolute Gasteiger partial charge is 0.489 e. The van der Waals surface area contributed by atoms with Crippen molar-refractivity contribution < 1.29 is 13.2 Å². The van der Waals surface area contributed by atoms with Crippen LogP contribution >= 0.6 is 0 Å². The van der Waals surface area contributed by atoms with Crippen LogP contribution in [0.2, 0.25) is 0 Å². The molecule has 1 aromatic heterocycles. The number of nitrogens with zero attached hydrogens (tertiary/aromatic N) is 2. The lowest BCUT2D eigenvalue weighted by Gasteiger charge is -2.17. The molecule has 0 amide bonds. The molecular formula is C24H30N4O3S. The van der Waals surface area contributed by atoms with Gasteiger partial charge in [0.05, 0.1) is 27.6 Å². The Balaban J connectivity index is 1.95. The van der Waals surface area contributed by atoms with Crippen LogP contribution in [0.3, 0.4) is 0 Å². The van der Waals surface area contributed by atoms with Crippen LogP contribution in [-0.4, -0.2) is 29.7 Å². The summed E-state index contributed by atoms with van der Waals surface area (Å²) in [5.41, 5.74) is 3.10.